The molecule has 102 valence electrons. The number of halogens is 1. The van der Waals surface area contributed by atoms with Crippen LogP contribution >= 0.6 is 0 Å². The smallest absolute Gasteiger partial charge is 0.246 e. The van der Waals surface area contributed by atoms with Gasteiger partial charge in [0.15, 0.2) is 0 Å². The summed E-state index contributed by atoms with van der Waals surface area (Å²) in [5.74, 6) is -0.858. The maximum absolute atomic E-state index is 13.2. The largest absolute Gasteiger partial charge is 0.297 e. The molecule has 1 atom stereocenters. The molecule has 19 heavy (non-hydrogen) atoms. The summed E-state index contributed by atoms with van der Waals surface area (Å²) in [6.07, 6.45) is 0.630. The van der Waals surface area contributed by atoms with E-state index in [0.29, 0.717) is 12.0 Å². The van der Waals surface area contributed by atoms with E-state index in [1.807, 2.05) is 13.8 Å². The van der Waals surface area contributed by atoms with Crippen LogP contribution in [0.5, 0.6) is 0 Å². The number of rotatable bonds is 3. The molecule has 1 aromatic carbocycles. The van der Waals surface area contributed by atoms with Crippen molar-refractivity contribution in [2.75, 3.05) is 6.54 Å². The molecule has 1 aliphatic heterocycles. The Bertz CT molecular complexity index is 516. The molecule has 0 spiro atoms. The highest BCUT2D eigenvalue weighted by atomic mass is 19.1. The first-order chi connectivity index (χ1) is 9.02. The number of amides is 2. The SMILES string of the molecule is CCC1NCC(=O)N(Cc2cc(F)ccc2C)C1=O. The van der Waals surface area contributed by atoms with Gasteiger partial charge >= 0.3 is 0 Å². The summed E-state index contributed by atoms with van der Waals surface area (Å²) in [5.41, 5.74) is 1.53. The van der Waals surface area contributed by atoms with Gasteiger partial charge in [0.05, 0.1) is 19.1 Å². The summed E-state index contributed by atoms with van der Waals surface area (Å²) in [5, 5.41) is 2.90. The van der Waals surface area contributed by atoms with Crippen LogP contribution in [0.4, 0.5) is 4.39 Å². The molecule has 1 aromatic rings. The van der Waals surface area contributed by atoms with E-state index in [0.717, 1.165) is 5.56 Å². The minimum Gasteiger partial charge on any atom is -0.297 e. The second-order valence-electron chi connectivity index (χ2n) is 4.73. The molecular formula is C14H17FN2O2. The third kappa shape index (κ3) is 2.81. The number of benzene rings is 1. The van der Waals surface area contributed by atoms with Gasteiger partial charge < -0.3 is 0 Å². The van der Waals surface area contributed by atoms with E-state index in [-0.39, 0.29) is 36.8 Å². The number of hydrogen-bond donors (Lipinski definition) is 1. The van der Waals surface area contributed by atoms with Crippen molar-refractivity contribution in [3.8, 4) is 0 Å². The standard InChI is InChI=1S/C14H17FN2O2/c1-3-12-14(19)17(13(18)7-16-12)8-10-6-11(15)5-4-9(10)2/h4-6,12,16H,3,7-8H2,1-2H3. The van der Waals surface area contributed by atoms with Crippen molar-refractivity contribution in [3.05, 3.63) is 35.1 Å². The highest BCUT2D eigenvalue weighted by molar-refractivity contribution is 6.01. The molecule has 1 N–H and O–H groups in total. The van der Waals surface area contributed by atoms with Gasteiger partial charge in [0.2, 0.25) is 11.8 Å². The predicted octanol–water partition coefficient (Wildman–Crippen LogP) is 1.37. The van der Waals surface area contributed by atoms with Crippen LogP contribution in [0.15, 0.2) is 18.2 Å². The average molecular weight is 264 g/mol. The Labute approximate surface area is 111 Å². The first-order valence-electron chi connectivity index (χ1n) is 6.35. The Morgan fingerprint density at radius 2 is 2.16 bits per heavy atom. The molecule has 0 aromatic heterocycles. The Kier molecular flexibility index (Phi) is 3.95. The van der Waals surface area contributed by atoms with Crippen LogP contribution in [0, 0.1) is 12.7 Å². The first kappa shape index (κ1) is 13.7. The molecule has 1 unspecified atom stereocenters. The van der Waals surface area contributed by atoms with Crippen molar-refractivity contribution in [2.24, 2.45) is 0 Å². The molecule has 1 fully saturated rings. The Morgan fingerprint density at radius 3 is 2.84 bits per heavy atom. The van der Waals surface area contributed by atoms with Gasteiger partial charge in [-0.25, -0.2) is 4.39 Å². The van der Waals surface area contributed by atoms with Crippen LogP contribution in [0.3, 0.4) is 0 Å². The molecular weight excluding hydrogens is 247 g/mol. The maximum atomic E-state index is 13.2. The van der Waals surface area contributed by atoms with Crippen molar-refractivity contribution >= 4 is 11.8 Å². The fourth-order valence-electron chi connectivity index (χ4n) is 2.17. The third-order valence-electron chi connectivity index (χ3n) is 3.41. The van der Waals surface area contributed by atoms with Crippen LogP contribution in [0.1, 0.15) is 24.5 Å². The summed E-state index contributed by atoms with van der Waals surface area (Å²) in [7, 11) is 0. The van der Waals surface area contributed by atoms with Crippen LogP contribution < -0.4 is 5.32 Å². The van der Waals surface area contributed by atoms with Crippen LogP contribution in [-0.4, -0.2) is 29.3 Å². The van der Waals surface area contributed by atoms with E-state index >= 15 is 0 Å². The minimum atomic E-state index is -0.359. The van der Waals surface area contributed by atoms with Gasteiger partial charge in [0.1, 0.15) is 5.82 Å². The molecule has 1 heterocycles. The van der Waals surface area contributed by atoms with Crippen LogP contribution in [-0.2, 0) is 16.1 Å². The number of nitrogens with one attached hydrogen (secondary N) is 1. The average Bonchev–Trinajstić information content (AvgIpc) is 2.38. The minimum absolute atomic E-state index is 0.138. The van der Waals surface area contributed by atoms with E-state index < -0.39 is 0 Å². The van der Waals surface area contributed by atoms with Gasteiger partial charge in [-0.2, -0.15) is 0 Å². The molecule has 0 bridgehead atoms. The van der Waals surface area contributed by atoms with Crippen molar-refractivity contribution in [1.29, 1.82) is 0 Å². The van der Waals surface area contributed by atoms with Crippen molar-refractivity contribution < 1.29 is 14.0 Å². The summed E-state index contributed by atoms with van der Waals surface area (Å²) in [6, 6.07) is 4.07. The summed E-state index contributed by atoms with van der Waals surface area (Å²) < 4.78 is 13.2. The van der Waals surface area contributed by atoms with E-state index in [1.165, 1.54) is 17.0 Å². The maximum Gasteiger partial charge on any atom is 0.246 e. The lowest BCUT2D eigenvalue weighted by Crippen LogP contribution is -2.57. The van der Waals surface area contributed by atoms with Gasteiger partial charge in [-0.05, 0) is 36.6 Å². The lowest BCUT2D eigenvalue weighted by molar-refractivity contribution is -0.150. The number of imide groups is 1. The molecule has 0 aliphatic carbocycles. The van der Waals surface area contributed by atoms with Gasteiger partial charge in [-0.3, -0.25) is 19.8 Å². The van der Waals surface area contributed by atoms with E-state index in [4.69, 9.17) is 0 Å². The van der Waals surface area contributed by atoms with Crippen molar-refractivity contribution in [3.63, 3.8) is 0 Å². The third-order valence-corrected chi connectivity index (χ3v) is 3.41. The Morgan fingerprint density at radius 1 is 1.42 bits per heavy atom. The zero-order valence-corrected chi connectivity index (χ0v) is 11.1. The number of piperazine rings is 1. The van der Waals surface area contributed by atoms with Gasteiger partial charge in [0, 0.05) is 0 Å². The number of carbonyl (C=O) groups excluding carboxylic acids is 2. The lowest BCUT2D eigenvalue weighted by Gasteiger charge is -2.31. The zero-order valence-electron chi connectivity index (χ0n) is 11.1. The topological polar surface area (TPSA) is 49.4 Å². The number of aryl methyl sites for hydroxylation is 1. The van der Waals surface area contributed by atoms with Crippen LogP contribution in [0.2, 0.25) is 0 Å². The van der Waals surface area contributed by atoms with Gasteiger partial charge in [-0.1, -0.05) is 13.0 Å². The van der Waals surface area contributed by atoms with Gasteiger partial charge in [-0.15, -0.1) is 0 Å². The van der Waals surface area contributed by atoms with Crippen molar-refractivity contribution in [1.82, 2.24) is 10.2 Å². The summed E-state index contributed by atoms with van der Waals surface area (Å²) >= 11 is 0. The number of carbonyl (C=O) groups is 2. The fourth-order valence-corrected chi connectivity index (χ4v) is 2.17. The molecule has 0 radical (unpaired) electrons. The highest BCUT2D eigenvalue weighted by Gasteiger charge is 2.32. The van der Waals surface area contributed by atoms with Gasteiger partial charge in [0.25, 0.3) is 0 Å². The second kappa shape index (κ2) is 5.48. The second-order valence-corrected chi connectivity index (χ2v) is 4.73. The van der Waals surface area contributed by atoms with E-state index in [9.17, 15) is 14.0 Å². The number of hydrogen-bond acceptors (Lipinski definition) is 3. The summed E-state index contributed by atoms with van der Waals surface area (Å²) in [4.78, 5) is 25.1. The molecule has 4 nitrogen and oxygen atoms in total. The lowest BCUT2D eigenvalue weighted by atomic mass is 10.1. The van der Waals surface area contributed by atoms with E-state index in [1.54, 1.807) is 6.07 Å². The fraction of sp³-hybridized carbons (Fsp3) is 0.429. The number of nitrogens with zero attached hydrogens (tertiary/aromatic N) is 1. The molecule has 5 heteroatoms. The molecule has 1 saturated heterocycles. The Hall–Kier alpha value is -1.75. The Balaban J connectivity index is 2.22. The highest BCUT2D eigenvalue weighted by Crippen LogP contribution is 2.16. The monoisotopic (exact) mass is 264 g/mol. The first-order valence-corrected chi connectivity index (χ1v) is 6.35. The quantitative estimate of drug-likeness (QED) is 0.839. The normalized spacial score (nSPS) is 19.9. The van der Waals surface area contributed by atoms with Crippen LogP contribution in [0.25, 0.3) is 0 Å². The van der Waals surface area contributed by atoms with Crippen molar-refractivity contribution in [2.45, 2.75) is 32.9 Å². The summed E-state index contributed by atoms with van der Waals surface area (Å²) in [6.45, 7) is 4.01. The van der Waals surface area contributed by atoms with E-state index in [2.05, 4.69) is 5.32 Å². The predicted molar refractivity (Wildman–Crippen MR) is 68.8 cm³/mol. The zero-order chi connectivity index (χ0) is 14.0. The molecule has 2 rings (SSSR count). The molecule has 0 saturated carbocycles. The molecule has 1 aliphatic rings. The molecule has 2 amide bonds.